The number of oxazole rings is 1. The molecule has 3 aromatic rings. The van der Waals surface area contributed by atoms with E-state index in [1.54, 1.807) is 13.2 Å². The van der Waals surface area contributed by atoms with Crippen LogP contribution in [0.3, 0.4) is 0 Å². The SMILES string of the molecule is Cc1nc(CCC(=O)Nc2ccccc2Oc2ccccc2)co1. The summed E-state index contributed by atoms with van der Waals surface area (Å²) in [7, 11) is 0. The lowest BCUT2D eigenvalue weighted by Crippen LogP contribution is -2.13. The molecule has 1 N–H and O–H groups in total. The number of nitrogens with one attached hydrogen (secondary N) is 1. The van der Waals surface area contributed by atoms with Crippen LogP contribution in [-0.4, -0.2) is 10.9 Å². The normalized spacial score (nSPS) is 10.4. The molecule has 1 aromatic heterocycles. The molecule has 0 unspecified atom stereocenters. The van der Waals surface area contributed by atoms with E-state index in [4.69, 9.17) is 9.15 Å². The van der Waals surface area contributed by atoms with Crippen LogP contribution in [0.25, 0.3) is 0 Å². The second-order valence-corrected chi connectivity index (χ2v) is 5.32. The van der Waals surface area contributed by atoms with Crippen LogP contribution in [0, 0.1) is 6.92 Å². The smallest absolute Gasteiger partial charge is 0.224 e. The molecule has 0 aliphatic carbocycles. The molecule has 0 saturated carbocycles. The van der Waals surface area contributed by atoms with Gasteiger partial charge < -0.3 is 14.5 Å². The maximum Gasteiger partial charge on any atom is 0.224 e. The highest BCUT2D eigenvalue weighted by atomic mass is 16.5. The number of carbonyl (C=O) groups excluding carboxylic acids is 1. The Balaban J connectivity index is 1.63. The van der Waals surface area contributed by atoms with Crippen LogP contribution in [0.1, 0.15) is 18.0 Å². The largest absolute Gasteiger partial charge is 0.455 e. The first kappa shape index (κ1) is 15.8. The molecular weight excluding hydrogens is 304 g/mol. The Morgan fingerprint density at radius 3 is 2.62 bits per heavy atom. The quantitative estimate of drug-likeness (QED) is 0.733. The van der Waals surface area contributed by atoms with Gasteiger partial charge in [-0.1, -0.05) is 30.3 Å². The zero-order valence-corrected chi connectivity index (χ0v) is 13.4. The number of anilines is 1. The van der Waals surface area contributed by atoms with E-state index in [1.165, 1.54) is 0 Å². The Morgan fingerprint density at radius 1 is 1.12 bits per heavy atom. The number of nitrogens with zero attached hydrogens (tertiary/aromatic N) is 1. The predicted molar refractivity (Wildman–Crippen MR) is 91.1 cm³/mol. The monoisotopic (exact) mass is 322 g/mol. The Labute approximate surface area is 140 Å². The van der Waals surface area contributed by atoms with Crippen molar-refractivity contribution in [1.82, 2.24) is 4.98 Å². The zero-order valence-electron chi connectivity index (χ0n) is 13.4. The molecule has 5 nitrogen and oxygen atoms in total. The van der Waals surface area contributed by atoms with E-state index in [0.717, 1.165) is 11.4 Å². The van der Waals surface area contributed by atoms with Gasteiger partial charge in [-0.2, -0.15) is 0 Å². The van der Waals surface area contributed by atoms with Crippen molar-refractivity contribution in [3.8, 4) is 11.5 Å². The van der Waals surface area contributed by atoms with Gasteiger partial charge in [-0.25, -0.2) is 4.98 Å². The van der Waals surface area contributed by atoms with E-state index in [0.29, 0.717) is 30.2 Å². The van der Waals surface area contributed by atoms with Crippen LogP contribution in [0.15, 0.2) is 65.3 Å². The van der Waals surface area contributed by atoms with Gasteiger partial charge >= 0.3 is 0 Å². The van der Waals surface area contributed by atoms with Gasteiger partial charge in [-0.05, 0) is 24.3 Å². The standard InChI is InChI=1S/C19H18N2O3/c1-14-20-15(13-23-14)11-12-19(22)21-17-9-5-6-10-18(17)24-16-7-3-2-4-8-16/h2-10,13H,11-12H2,1H3,(H,21,22). The van der Waals surface area contributed by atoms with Gasteiger partial charge in [0.15, 0.2) is 11.6 Å². The van der Waals surface area contributed by atoms with Gasteiger partial charge in [0.1, 0.15) is 12.0 Å². The minimum absolute atomic E-state index is 0.0974. The van der Waals surface area contributed by atoms with Gasteiger partial charge in [-0.3, -0.25) is 4.79 Å². The lowest BCUT2D eigenvalue weighted by atomic mass is 10.2. The van der Waals surface area contributed by atoms with Crippen LogP contribution >= 0.6 is 0 Å². The number of para-hydroxylation sites is 3. The third-order valence-corrected chi connectivity index (χ3v) is 3.41. The molecule has 5 heteroatoms. The summed E-state index contributed by atoms with van der Waals surface area (Å²) in [4.78, 5) is 16.4. The number of amides is 1. The second kappa shape index (κ2) is 7.46. The summed E-state index contributed by atoms with van der Waals surface area (Å²) in [6, 6.07) is 16.8. The summed E-state index contributed by atoms with van der Waals surface area (Å²) in [5.74, 6) is 1.83. The third-order valence-electron chi connectivity index (χ3n) is 3.41. The van der Waals surface area contributed by atoms with Crippen LogP contribution in [0.4, 0.5) is 5.69 Å². The number of hydrogen-bond acceptors (Lipinski definition) is 4. The molecule has 24 heavy (non-hydrogen) atoms. The number of benzene rings is 2. The van der Waals surface area contributed by atoms with Gasteiger partial charge in [0.05, 0.1) is 11.4 Å². The fraction of sp³-hybridized carbons (Fsp3) is 0.158. The Bertz CT molecular complexity index is 812. The molecule has 0 saturated heterocycles. The second-order valence-electron chi connectivity index (χ2n) is 5.32. The first-order valence-electron chi connectivity index (χ1n) is 7.73. The Hall–Kier alpha value is -3.08. The highest BCUT2D eigenvalue weighted by molar-refractivity contribution is 5.92. The molecule has 1 amide bonds. The van der Waals surface area contributed by atoms with Crippen LogP contribution in [0.2, 0.25) is 0 Å². The summed E-state index contributed by atoms with van der Waals surface area (Å²) in [6.45, 7) is 1.78. The Morgan fingerprint density at radius 2 is 1.88 bits per heavy atom. The topological polar surface area (TPSA) is 64.4 Å². The summed E-state index contributed by atoms with van der Waals surface area (Å²) < 4.78 is 11.0. The molecule has 3 rings (SSSR count). The van der Waals surface area contributed by atoms with Gasteiger partial charge in [0.2, 0.25) is 5.91 Å². The minimum atomic E-state index is -0.0974. The van der Waals surface area contributed by atoms with Gasteiger partial charge in [-0.15, -0.1) is 0 Å². The average molecular weight is 322 g/mol. The molecule has 0 radical (unpaired) electrons. The molecular formula is C19H18N2O3. The van der Waals surface area contributed by atoms with Gasteiger partial charge in [0, 0.05) is 19.8 Å². The highest BCUT2D eigenvalue weighted by Crippen LogP contribution is 2.29. The molecule has 0 aliphatic rings. The van der Waals surface area contributed by atoms with Crippen LogP contribution in [0.5, 0.6) is 11.5 Å². The fourth-order valence-electron chi connectivity index (χ4n) is 2.25. The van der Waals surface area contributed by atoms with Crippen molar-refractivity contribution in [3.05, 3.63) is 72.4 Å². The number of rotatable bonds is 6. The number of hydrogen-bond donors (Lipinski definition) is 1. The first-order chi connectivity index (χ1) is 11.7. The zero-order chi connectivity index (χ0) is 16.8. The number of aryl methyl sites for hydroxylation is 2. The van der Waals surface area contributed by atoms with E-state index in [2.05, 4.69) is 10.3 Å². The van der Waals surface area contributed by atoms with Crippen LogP contribution in [-0.2, 0) is 11.2 Å². The number of ether oxygens (including phenoxy) is 1. The lowest BCUT2D eigenvalue weighted by Gasteiger charge is -2.12. The van der Waals surface area contributed by atoms with Crippen molar-refractivity contribution >= 4 is 11.6 Å². The fourth-order valence-corrected chi connectivity index (χ4v) is 2.25. The van der Waals surface area contributed by atoms with Crippen molar-refractivity contribution in [2.45, 2.75) is 19.8 Å². The number of aromatic nitrogens is 1. The van der Waals surface area contributed by atoms with Crippen LogP contribution < -0.4 is 10.1 Å². The molecule has 2 aromatic carbocycles. The Kier molecular flexibility index (Phi) is 4.91. The van der Waals surface area contributed by atoms with E-state index < -0.39 is 0 Å². The lowest BCUT2D eigenvalue weighted by molar-refractivity contribution is -0.116. The molecule has 122 valence electrons. The number of carbonyl (C=O) groups is 1. The predicted octanol–water partition coefficient (Wildman–Crippen LogP) is 4.35. The van der Waals surface area contributed by atoms with Crippen molar-refractivity contribution in [2.75, 3.05) is 5.32 Å². The van der Waals surface area contributed by atoms with Crippen molar-refractivity contribution in [2.24, 2.45) is 0 Å². The van der Waals surface area contributed by atoms with E-state index in [9.17, 15) is 4.79 Å². The molecule has 0 atom stereocenters. The highest BCUT2D eigenvalue weighted by Gasteiger charge is 2.10. The van der Waals surface area contributed by atoms with E-state index in [-0.39, 0.29) is 5.91 Å². The molecule has 0 spiro atoms. The van der Waals surface area contributed by atoms with Crippen molar-refractivity contribution < 1.29 is 13.9 Å². The van der Waals surface area contributed by atoms with E-state index >= 15 is 0 Å². The van der Waals surface area contributed by atoms with Gasteiger partial charge in [0.25, 0.3) is 0 Å². The maximum atomic E-state index is 12.2. The summed E-state index contributed by atoms with van der Waals surface area (Å²) in [6.07, 6.45) is 2.44. The average Bonchev–Trinajstić information content (AvgIpc) is 3.01. The summed E-state index contributed by atoms with van der Waals surface area (Å²) >= 11 is 0. The van der Waals surface area contributed by atoms with Crippen molar-refractivity contribution in [1.29, 1.82) is 0 Å². The summed E-state index contributed by atoms with van der Waals surface area (Å²) in [5, 5.41) is 2.89. The molecule has 0 fully saturated rings. The first-order valence-corrected chi connectivity index (χ1v) is 7.73. The molecule has 0 bridgehead atoms. The van der Waals surface area contributed by atoms with Crippen molar-refractivity contribution in [3.63, 3.8) is 0 Å². The summed E-state index contributed by atoms with van der Waals surface area (Å²) in [5.41, 5.74) is 1.42. The molecule has 0 aliphatic heterocycles. The maximum absolute atomic E-state index is 12.2. The third kappa shape index (κ3) is 4.23. The minimum Gasteiger partial charge on any atom is -0.455 e. The molecule has 1 heterocycles. The van der Waals surface area contributed by atoms with E-state index in [1.807, 2.05) is 54.6 Å².